The highest BCUT2D eigenvalue weighted by molar-refractivity contribution is 5.80. The largest absolute Gasteiger partial charge is 0.466 e. The van der Waals surface area contributed by atoms with E-state index < -0.39 is 23.3 Å². The van der Waals surface area contributed by atoms with E-state index in [-0.39, 0.29) is 26.1 Å². The Hall–Kier alpha value is -1.39. The van der Waals surface area contributed by atoms with Crippen molar-refractivity contribution in [2.45, 2.75) is 40.5 Å². The molecule has 0 spiro atoms. The molecule has 0 N–H and O–H groups in total. The van der Waals surface area contributed by atoms with Crippen LogP contribution in [0.3, 0.4) is 0 Å². The van der Waals surface area contributed by atoms with Crippen LogP contribution in [0.4, 0.5) is 0 Å². The first-order valence-electron chi connectivity index (χ1n) is 6.14. The van der Waals surface area contributed by atoms with Crippen molar-refractivity contribution in [3.63, 3.8) is 0 Å². The lowest BCUT2D eigenvalue weighted by Gasteiger charge is -2.22. The van der Waals surface area contributed by atoms with Gasteiger partial charge >= 0.3 is 11.9 Å². The van der Waals surface area contributed by atoms with Crippen molar-refractivity contribution in [1.82, 2.24) is 0 Å². The molecule has 0 aliphatic carbocycles. The molecule has 0 aliphatic heterocycles. The number of aldehydes is 1. The van der Waals surface area contributed by atoms with Gasteiger partial charge in [0.25, 0.3) is 0 Å². The molecule has 0 rings (SSSR count). The van der Waals surface area contributed by atoms with Gasteiger partial charge in [0, 0.05) is 5.41 Å². The molecule has 0 heterocycles. The second-order valence-electron chi connectivity index (χ2n) is 4.77. The molecule has 1 unspecified atom stereocenters. The van der Waals surface area contributed by atoms with Crippen LogP contribution in [-0.2, 0) is 23.9 Å². The predicted octanol–water partition coefficient (Wildman–Crippen LogP) is 1.73. The Bertz CT molecular complexity index is 296. The molecule has 5 nitrogen and oxygen atoms in total. The Morgan fingerprint density at radius 2 is 1.72 bits per heavy atom. The van der Waals surface area contributed by atoms with Gasteiger partial charge in [-0.05, 0) is 20.3 Å². The Balaban J connectivity index is 4.67. The second kappa shape index (κ2) is 7.84. The fourth-order valence-corrected chi connectivity index (χ4v) is 1.60. The monoisotopic (exact) mass is 258 g/mol. The van der Waals surface area contributed by atoms with E-state index in [9.17, 15) is 14.4 Å². The zero-order valence-electron chi connectivity index (χ0n) is 11.5. The highest BCUT2D eigenvalue weighted by Gasteiger charge is 2.31. The van der Waals surface area contributed by atoms with Crippen molar-refractivity contribution in [3.8, 4) is 0 Å². The standard InChI is InChI=1S/C13H22O5/c1-5-17-11(15)7-10(12(16)18-6-2)8-13(3,4)9-14/h9-10H,5-8H2,1-4H3. The van der Waals surface area contributed by atoms with Crippen LogP contribution in [0.2, 0.25) is 0 Å². The van der Waals surface area contributed by atoms with E-state index in [2.05, 4.69) is 0 Å². The minimum atomic E-state index is -0.663. The highest BCUT2D eigenvalue weighted by Crippen LogP contribution is 2.26. The van der Waals surface area contributed by atoms with Crippen molar-refractivity contribution in [1.29, 1.82) is 0 Å². The van der Waals surface area contributed by atoms with Crippen LogP contribution in [0, 0.1) is 11.3 Å². The third-order valence-electron chi connectivity index (χ3n) is 2.43. The molecule has 0 aromatic carbocycles. The summed E-state index contributed by atoms with van der Waals surface area (Å²) in [7, 11) is 0. The molecular weight excluding hydrogens is 236 g/mol. The number of carbonyl (C=O) groups is 3. The molecule has 0 aliphatic rings. The summed E-state index contributed by atoms with van der Waals surface area (Å²) in [6, 6.07) is 0. The quantitative estimate of drug-likeness (QED) is 0.490. The molecule has 0 aromatic rings. The third-order valence-corrected chi connectivity index (χ3v) is 2.43. The van der Waals surface area contributed by atoms with Gasteiger partial charge in [-0.1, -0.05) is 13.8 Å². The van der Waals surface area contributed by atoms with Crippen LogP contribution in [0.1, 0.15) is 40.5 Å². The van der Waals surface area contributed by atoms with E-state index in [1.54, 1.807) is 27.7 Å². The summed E-state index contributed by atoms with van der Waals surface area (Å²) in [5.74, 6) is -1.54. The summed E-state index contributed by atoms with van der Waals surface area (Å²) in [6.45, 7) is 7.36. The van der Waals surface area contributed by atoms with Crippen LogP contribution in [0.25, 0.3) is 0 Å². The van der Waals surface area contributed by atoms with Crippen molar-refractivity contribution in [2.75, 3.05) is 13.2 Å². The lowest BCUT2D eigenvalue weighted by molar-refractivity contribution is -0.156. The topological polar surface area (TPSA) is 69.7 Å². The zero-order chi connectivity index (χ0) is 14.2. The molecule has 1 atom stereocenters. The van der Waals surface area contributed by atoms with E-state index in [0.717, 1.165) is 6.29 Å². The van der Waals surface area contributed by atoms with Crippen LogP contribution in [0.5, 0.6) is 0 Å². The molecule has 0 aromatic heterocycles. The molecule has 0 amide bonds. The van der Waals surface area contributed by atoms with Crippen LogP contribution in [0.15, 0.2) is 0 Å². The van der Waals surface area contributed by atoms with Crippen LogP contribution in [-0.4, -0.2) is 31.4 Å². The molecule has 0 bridgehead atoms. The summed E-state index contributed by atoms with van der Waals surface area (Å²) in [6.07, 6.45) is 1.00. The van der Waals surface area contributed by atoms with Crippen molar-refractivity contribution in [2.24, 2.45) is 11.3 Å². The number of esters is 2. The lowest BCUT2D eigenvalue weighted by Crippen LogP contribution is -2.28. The number of hydrogen-bond acceptors (Lipinski definition) is 5. The van der Waals surface area contributed by atoms with Gasteiger partial charge in [-0.25, -0.2) is 0 Å². The highest BCUT2D eigenvalue weighted by atomic mass is 16.5. The van der Waals surface area contributed by atoms with Gasteiger partial charge in [-0.3, -0.25) is 9.59 Å². The number of rotatable bonds is 8. The van der Waals surface area contributed by atoms with E-state index in [1.807, 2.05) is 0 Å². The summed E-state index contributed by atoms with van der Waals surface area (Å²) >= 11 is 0. The van der Waals surface area contributed by atoms with Gasteiger partial charge < -0.3 is 14.3 Å². The fourth-order valence-electron chi connectivity index (χ4n) is 1.60. The van der Waals surface area contributed by atoms with Gasteiger partial charge in [0.1, 0.15) is 6.29 Å². The third kappa shape index (κ3) is 6.37. The summed E-state index contributed by atoms with van der Waals surface area (Å²) in [5, 5.41) is 0. The lowest BCUT2D eigenvalue weighted by atomic mass is 9.83. The first-order valence-corrected chi connectivity index (χ1v) is 6.14. The SMILES string of the molecule is CCOC(=O)CC(CC(C)(C)C=O)C(=O)OCC. The first-order chi connectivity index (χ1) is 8.36. The number of ether oxygens (including phenoxy) is 2. The Morgan fingerprint density at radius 1 is 1.17 bits per heavy atom. The van der Waals surface area contributed by atoms with Gasteiger partial charge in [-0.15, -0.1) is 0 Å². The average Bonchev–Trinajstić information content (AvgIpc) is 2.28. The molecule has 0 saturated carbocycles. The minimum Gasteiger partial charge on any atom is -0.466 e. The minimum absolute atomic E-state index is 0.0516. The smallest absolute Gasteiger partial charge is 0.309 e. The van der Waals surface area contributed by atoms with Gasteiger partial charge in [0.2, 0.25) is 0 Å². The number of hydrogen-bond donors (Lipinski definition) is 0. The van der Waals surface area contributed by atoms with E-state index in [1.165, 1.54) is 0 Å². The number of carbonyl (C=O) groups excluding carboxylic acids is 3. The molecule has 18 heavy (non-hydrogen) atoms. The van der Waals surface area contributed by atoms with E-state index >= 15 is 0 Å². The van der Waals surface area contributed by atoms with Gasteiger partial charge in [0.15, 0.2) is 0 Å². The molecular formula is C13H22O5. The van der Waals surface area contributed by atoms with Crippen LogP contribution >= 0.6 is 0 Å². The van der Waals surface area contributed by atoms with E-state index in [0.29, 0.717) is 0 Å². The van der Waals surface area contributed by atoms with Crippen molar-refractivity contribution in [3.05, 3.63) is 0 Å². The summed E-state index contributed by atoms with van der Waals surface area (Å²) in [4.78, 5) is 34.0. The average molecular weight is 258 g/mol. The first kappa shape index (κ1) is 16.6. The Morgan fingerprint density at radius 3 is 2.17 bits per heavy atom. The molecule has 5 heteroatoms. The maximum absolute atomic E-state index is 11.7. The van der Waals surface area contributed by atoms with Gasteiger partial charge in [0.05, 0.1) is 25.6 Å². The normalized spacial score (nSPS) is 12.7. The molecule has 0 fully saturated rings. The molecule has 104 valence electrons. The maximum Gasteiger partial charge on any atom is 0.309 e. The maximum atomic E-state index is 11.7. The van der Waals surface area contributed by atoms with Crippen LogP contribution < -0.4 is 0 Å². The zero-order valence-corrected chi connectivity index (χ0v) is 11.5. The summed E-state index contributed by atoms with van der Waals surface area (Å²) < 4.78 is 9.72. The van der Waals surface area contributed by atoms with E-state index in [4.69, 9.17) is 9.47 Å². The predicted molar refractivity (Wildman–Crippen MR) is 65.8 cm³/mol. The second-order valence-corrected chi connectivity index (χ2v) is 4.77. The fraction of sp³-hybridized carbons (Fsp3) is 0.769. The van der Waals surface area contributed by atoms with Crippen molar-refractivity contribution < 1.29 is 23.9 Å². The Kier molecular flexibility index (Phi) is 7.24. The molecule has 0 radical (unpaired) electrons. The summed E-state index contributed by atoms with van der Waals surface area (Å²) in [5.41, 5.74) is -0.663. The Labute approximate surface area is 108 Å². The van der Waals surface area contributed by atoms with Crippen molar-refractivity contribution >= 4 is 18.2 Å². The molecule has 0 saturated heterocycles. The van der Waals surface area contributed by atoms with Gasteiger partial charge in [-0.2, -0.15) is 0 Å².